The van der Waals surface area contributed by atoms with Gasteiger partial charge in [-0.25, -0.2) is 5.43 Å². The van der Waals surface area contributed by atoms with Crippen molar-refractivity contribution >= 4 is 85.2 Å². The Hall–Kier alpha value is -9.20. The van der Waals surface area contributed by atoms with Gasteiger partial charge in [-0.15, -0.1) is 0 Å². The van der Waals surface area contributed by atoms with Gasteiger partial charge in [0.25, 0.3) is 11.8 Å². The van der Waals surface area contributed by atoms with E-state index in [-0.39, 0.29) is 17.2 Å². The maximum atomic E-state index is 12.2. The number of ether oxygens (including phenoxy) is 1. The van der Waals surface area contributed by atoms with Crippen LogP contribution in [0.4, 0.5) is 0 Å². The summed E-state index contributed by atoms with van der Waals surface area (Å²) in [4.78, 5) is 28.3. The molecule has 490 valence electrons. The first-order valence-electron chi connectivity index (χ1n) is 32.6. The van der Waals surface area contributed by atoms with Crippen LogP contribution < -0.4 is 15.5 Å². The van der Waals surface area contributed by atoms with Crippen LogP contribution in [0.15, 0.2) is 256 Å². The first-order chi connectivity index (χ1) is 46.3. The van der Waals surface area contributed by atoms with Gasteiger partial charge in [0.2, 0.25) is 0 Å². The van der Waals surface area contributed by atoms with Gasteiger partial charge in [0.1, 0.15) is 5.75 Å². The summed E-state index contributed by atoms with van der Waals surface area (Å²) in [5, 5.41) is 11.9. The number of aromatic nitrogens is 4. The number of benzene rings is 6. The molecule has 2 amide bonds. The van der Waals surface area contributed by atoms with Crippen LogP contribution in [0.1, 0.15) is 145 Å². The second-order valence-corrected chi connectivity index (χ2v) is 27.2. The van der Waals surface area contributed by atoms with Crippen LogP contribution in [0.3, 0.4) is 0 Å². The van der Waals surface area contributed by atoms with Crippen molar-refractivity contribution in [2.45, 2.75) is 98.3 Å². The Bertz CT molecular complexity index is 4420. The molecule has 10 aromatic rings. The van der Waals surface area contributed by atoms with Crippen LogP contribution in [0.25, 0.3) is 46.1 Å². The number of aryl methyl sites for hydroxylation is 2. The number of halogens is 3. The van der Waals surface area contributed by atoms with E-state index >= 15 is 0 Å². The first-order valence-corrected chi connectivity index (χ1v) is 34.6. The third kappa shape index (κ3) is 19.7. The number of amides is 2. The molecule has 4 aromatic heterocycles. The molecule has 1 atom stereocenters. The van der Waals surface area contributed by atoms with Gasteiger partial charge in [0, 0.05) is 68.4 Å². The largest absolute Gasteiger partial charge is 0.494 e. The van der Waals surface area contributed by atoms with Crippen LogP contribution >= 0.6 is 43.5 Å². The molecule has 10 nitrogen and oxygen atoms in total. The zero-order chi connectivity index (χ0) is 68.1. The molecule has 2 N–H and O–H groups in total. The predicted molar refractivity (Wildman–Crippen MR) is 407 cm³/mol. The van der Waals surface area contributed by atoms with Gasteiger partial charge in [-0.3, -0.25) is 19.3 Å². The highest BCUT2D eigenvalue weighted by Crippen LogP contribution is 2.42. The standard InChI is InChI=1S/C22H27BrO.C21H15BrN4O.C21H26.C19H16ClN3O/c1-7-24-21-14-20(23)13-18(16(21)3)10-9-17-12-19(22(4,5)6)11-8-15(17)2;22-17-6-4-15(5-7-17)19-13-18-3-1-2-12-26(18)20(19)14-24-25-21(27)16-8-10-23-11-9-16;1-16-15-21(19-11-7-4-8-12-19)17(2)20(16)14-13-18-9-5-3-6-10-18;1-23-18(15-5-3-2-4-6-15)13-17(22-23)19(24)21-12-11-14-7-9-16(20)10-8-14/h8-14H,7H2,1-6H3;1-14H,(H,25,27);4,7-8,11-12,14-15,18,21H,2-3,5-6,9-10,13H2,1H3;2-13H,1H3,(H,21,24)/b10-9+;24-14+;20-14+;12-11+. The number of carbonyl (C=O) groups excluding carboxylic acids is 2. The molecule has 0 aliphatic heterocycles. The number of hydrogen-bond acceptors (Lipinski definition) is 6. The van der Waals surface area contributed by atoms with Gasteiger partial charge in [0.05, 0.1) is 24.2 Å². The molecule has 2 aliphatic rings. The molecule has 1 saturated carbocycles. The Labute approximate surface area is 588 Å². The van der Waals surface area contributed by atoms with Crippen molar-refractivity contribution in [3.05, 3.63) is 312 Å². The minimum Gasteiger partial charge on any atom is -0.494 e. The highest BCUT2D eigenvalue weighted by atomic mass is 79.9. The summed E-state index contributed by atoms with van der Waals surface area (Å²) in [7, 11) is 1.82. The lowest BCUT2D eigenvalue weighted by molar-refractivity contribution is 0.0950. The second-order valence-electron chi connectivity index (χ2n) is 25.0. The SMILES string of the molecule is C=C1/C(=C/CC2CCCCC2)C(C)=CC1c1ccccc1.CCOc1cc(Br)cc(/C=C/c2cc(C(C)(C)C)ccc2C)c1C.Cn1nc(C(=O)N/C=C/c2ccc(Cl)cc2)cc1-c1ccccc1.O=C(N/N=C/c1c(-c2ccc(Br)cc2)cc2ccccn12)c1ccncc1. The Morgan fingerprint density at radius 3 is 2.12 bits per heavy atom. The Balaban J connectivity index is 0.000000151. The van der Waals surface area contributed by atoms with Crippen LogP contribution in [-0.4, -0.2) is 43.8 Å². The molecule has 1 unspecified atom stereocenters. The van der Waals surface area contributed by atoms with Crippen molar-refractivity contribution in [3.63, 3.8) is 0 Å². The van der Waals surface area contributed by atoms with Crippen molar-refractivity contribution in [2.24, 2.45) is 18.1 Å². The quantitative estimate of drug-likeness (QED) is 0.0603. The molecule has 6 aromatic carbocycles. The second kappa shape index (κ2) is 34.5. The lowest BCUT2D eigenvalue weighted by Crippen LogP contribution is -2.17. The number of fused-ring (bicyclic) bond motifs is 1. The van der Waals surface area contributed by atoms with E-state index in [0.29, 0.717) is 28.8 Å². The highest BCUT2D eigenvalue weighted by Gasteiger charge is 2.25. The monoisotopic (exact) mass is 1420 g/mol. The number of nitrogens with zero attached hydrogens (tertiary/aromatic N) is 5. The summed E-state index contributed by atoms with van der Waals surface area (Å²) >= 11 is 12.9. The summed E-state index contributed by atoms with van der Waals surface area (Å²) in [5.41, 5.74) is 22.2. The maximum Gasteiger partial charge on any atom is 0.275 e. The minimum absolute atomic E-state index is 0.157. The van der Waals surface area contributed by atoms with E-state index in [1.54, 1.807) is 65.9 Å². The maximum absolute atomic E-state index is 12.2. The number of rotatable bonds is 15. The fourth-order valence-electron chi connectivity index (χ4n) is 11.6. The number of pyridine rings is 2. The summed E-state index contributed by atoms with van der Waals surface area (Å²) in [6.45, 7) is 20.3. The number of allylic oxidation sites excluding steroid dienone is 5. The van der Waals surface area contributed by atoms with Crippen molar-refractivity contribution in [1.29, 1.82) is 0 Å². The Kier molecular flexibility index (Phi) is 25.5. The molecule has 0 bridgehead atoms. The van der Waals surface area contributed by atoms with E-state index < -0.39 is 0 Å². The van der Waals surface area contributed by atoms with Gasteiger partial charge < -0.3 is 14.5 Å². The van der Waals surface area contributed by atoms with E-state index in [1.165, 1.54) is 88.6 Å². The molecule has 13 heteroatoms. The molecular formula is C83H84Br2ClN7O3. The molecule has 12 rings (SSSR count). The average molecular weight is 1420 g/mol. The van der Waals surface area contributed by atoms with E-state index in [4.69, 9.17) is 16.3 Å². The van der Waals surface area contributed by atoms with Crippen LogP contribution in [0.2, 0.25) is 5.02 Å². The lowest BCUT2D eigenvalue weighted by Gasteiger charge is -2.20. The van der Waals surface area contributed by atoms with Gasteiger partial charge in [-0.05, 0) is 191 Å². The molecule has 96 heavy (non-hydrogen) atoms. The van der Waals surface area contributed by atoms with Gasteiger partial charge >= 0.3 is 0 Å². The summed E-state index contributed by atoms with van der Waals surface area (Å²) in [6.07, 6.45) is 27.8. The number of hydrogen-bond donors (Lipinski definition) is 2. The number of carbonyl (C=O) groups is 2. The fraction of sp³-hybridized carbons (Fsp3) is 0.217. The molecular weight excluding hydrogens is 1340 g/mol. The molecule has 2 aliphatic carbocycles. The summed E-state index contributed by atoms with van der Waals surface area (Å²) in [6, 6.07) is 60.1. The molecule has 0 radical (unpaired) electrons. The molecule has 0 spiro atoms. The molecule has 1 fully saturated rings. The van der Waals surface area contributed by atoms with Crippen LogP contribution in [-0.2, 0) is 12.5 Å². The topological polar surface area (TPSA) is 115 Å². The van der Waals surface area contributed by atoms with Gasteiger partial charge in [-0.1, -0.05) is 236 Å². The van der Waals surface area contributed by atoms with Crippen molar-refractivity contribution < 1.29 is 14.3 Å². The van der Waals surface area contributed by atoms with E-state index in [9.17, 15) is 9.59 Å². The van der Waals surface area contributed by atoms with Crippen LogP contribution in [0, 0.1) is 19.8 Å². The minimum atomic E-state index is -0.278. The zero-order valence-corrected chi connectivity index (χ0v) is 59.9. The van der Waals surface area contributed by atoms with Gasteiger partial charge in [-0.2, -0.15) is 10.2 Å². The van der Waals surface area contributed by atoms with E-state index in [2.05, 4.69) is 191 Å². The smallest absolute Gasteiger partial charge is 0.275 e. The van der Waals surface area contributed by atoms with Crippen molar-refractivity contribution in [1.82, 2.24) is 29.9 Å². The normalized spacial score (nSPS) is 14.4. The third-order valence-corrected chi connectivity index (χ3v) is 18.3. The van der Waals surface area contributed by atoms with Crippen LogP contribution in [0.5, 0.6) is 5.75 Å². The fourth-order valence-corrected chi connectivity index (χ4v) is 12.5. The third-order valence-electron chi connectivity index (χ3n) is 17.1. The van der Waals surface area contributed by atoms with Crippen molar-refractivity contribution in [2.75, 3.05) is 6.61 Å². The molecule has 0 saturated heterocycles. The zero-order valence-electron chi connectivity index (χ0n) is 56.0. The summed E-state index contributed by atoms with van der Waals surface area (Å²) in [5.74, 6) is 1.69. The van der Waals surface area contributed by atoms with Crippen molar-refractivity contribution in [3.8, 4) is 28.1 Å². The predicted octanol–water partition coefficient (Wildman–Crippen LogP) is 21.8. The Morgan fingerprint density at radius 2 is 1.43 bits per heavy atom. The average Bonchev–Trinajstić information content (AvgIpc) is 1.63. The number of nitrogens with one attached hydrogen (secondary N) is 2. The number of hydrazone groups is 1. The lowest BCUT2D eigenvalue weighted by atomic mass is 9.85. The first kappa shape index (κ1) is 71.1. The van der Waals surface area contributed by atoms with E-state index in [1.807, 2.05) is 116 Å². The summed E-state index contributed by atoms with van der Waals surface area (Å²) < 4.78 is 11.5. The molecule has 4 heterocycles. The Morgan fingerprint density at radius 1 is 0.740 bits per heavy atom. The van der Waals surface area contributed by atoms with Gasteiger partial charge in [0.15, 0.2) is 5.69 Å². The van der Waals surface area contributed by atoms with E-state index in [0.717, 1.165) is 59.8 Å². The highest BCUT2D eigenvalue weighted by molar-refractivity contribution is 9.10.